The number of benzene rings is 1. The fourth-order valence-corrected chi connectivity index (χ4v) is 10.8. The number of hydrogen-bond acceptors (Lipinski definition) is 23. The van der Waals surface area contributed by atoms with Crippen molar-refractivity contribution in [3.63, 3.8) is 0 Å². The van der Waals surface area contributed by atoms with Gasteiger partial charge in [0.05, 0.1) is 45.6 Å². The van der Waals surface area contributed by atoms with Crippen LogP contribution in [0, 0.1) is 17.8 Å². The van der Waals surface area contributed by atoms with Crippen molar-refractivity contribution in [2.45, 2.75) is 80.9 Å². The van der Waals surface area contributed by atoms with Gasteiger partial charge in [-0.3, -0.25) is 35.7 Å². The third-order valence-electron chi connectivity index (χ3n) is 9.62. The molecule has 1 saturated heterocycles. The molecular weight excluding hydrogens is 853 g/mol. The van der Waals surface area contributed by atoms with Crippen LogP contribution < -0.4 is 32.1 Å². The zero-order chi connectivity index (χ0) is 41.2. The summed E-state index contributed by atoms with van der Waals surface area (Å²) in [6.07, 6.45) is 1.37. The highest BCUT2D eigenvalue weighted by Crippen LogP contribution is 2.41. The first-order chi connectivity index (χ1) is 27.2. The molecule has 1 saturated carbocycles. The van der Waals surface area contributed by atoms with Crippen molar-refractivity contribution >= 4 is 71.8 Å². The van der Waals surface area contributed by atoms with Crippen LogP contribution in [0.25, 0.3) is 15.3 Å². The maximum atomic E-state index is 12.7. The zero-order valence-electron chi connectivity index (χ0n) is 31.3. The summed E-state index contributed by atoms with van der Waals surface area (Å²) in [7, 11) is -6.92. The third kappa shape index (κ3) is 13.0. The van der Waals surface area contributed by atoms with Crippen molar-refractivity contribution < 1.29 is 49.9 Å². The van der Waals surface area contributed by atoms with Gasteiger partial charge in [0.25, 0.3) is 26.2 Å². The maximum Gasteiger partial charge on any atom is 0.287 e. The average molecular weight is 901 g/mol. The first-order valence-electron chi connectivity index (χ1n) is 17.9. The van der Waals surface area contributed by atoms with Gasteiger partial charge in [-0.25, -0.2) is 10.2 Å². The molecule has 3 heterocycles. The van der Waals surface area contributed by atoms with E-state index in [4.69, 9.17) is 14.6 Å². The number of thiazole rings is 1. The van der Waals surface area contributed by atoms with E-state index in [9.17, 15) is 25.9 Å². The third-order valence-corrected chi connectivity index (χ3v) is 14.0. The average Bonchev–Trinajstić information content (AvgIpc) is 3.82. The van der Waals surface area contributed by atoms with Gasteiger partial charge in [-0.1, -0.05) is 50.0 Å². The number of azo groups is 1. The first-order valence-corrected chi connectivity index (χ1v) is 23.5. The molecule has 2 aliphatic rings. The van der Waals surface area contributed by atoms with Crippen molar-refractivity contribution in [3.05, 3.63) is 24.5 Å². The minimum absolute atomic E-state index is 0.0133. The fourth-order valence-electron chi connectivity index (χ4n) is 7.20. The van der Waals surface area contributed by atoms with E-state index in [1.807, 2.05) is 32.9 Å². The molecule has 1 aromatic carbocycles. The lowest BCUT2D eigenvalue weighted by atomic mass is 9.69. The van der Waals surface area contributed by atoms with Gasteiger partial charge < -0.3 is 0 Å². The van der Waals surface area contributed by atoms with Crippen molar-refractivity contribution in [1.82, 2.24) is 51.8 Å². The number of nitrogens with one attached hydrogen (secondary N) is 6. The molecule has 9 atom stereocenters. The Morgan fingerprint density at radius 1 is 1.11 bits per heavy atom. The highest BCUT2D eigenvalue weighted by Gasteiger charge is 2.49. The van der Waals surface area contributed by atoms with Gasteiger partial charge in [-0.15, -0.1) is 23.9 Å². The SMILES string of the molecule is CCC1CC(C)C(S(=O)(=O)O)C(CC)C1NC1NC(NC)NC(NCCS(=O)(=O)O)C1N=Nc1ncn(-c2nc3ccc(SOONCCSOOO)cc3s2)n1. The lowest BCUT2D eigenvalue weighted by Crippen LogP contribution is -2.77. The summed E-state index contributed by atoms with van der Waals surface area (Å²) in [6.45, 7) is 6.03. The molecule has 23 nitrogen and oxygen atoms in total. The quantitative estimate of drug-likeness (QED) is 0.0174. The van der Waals surface area contributed by atoms with Crippen LogP contribution in [-0.2, 0) is 38.9 Å². The van der Waals surface area contributed by atoms with Crippen LogP contribution in [0.2, 0.25) is 0 Å². The number of hydrogen-bond donors (Lipinski definition) is 9. The Balaban J connectivity index is 1.34. The molecule has 28 heteroatoms. The highest BCUT2D eigenvalue weighted by atomic mass is 32.2. The molecule has 1 aliphatic carbocycles. The summed E-state index contributed by atoms with van der Waals surface area (Å²) in [6, 6.07) is 4.34. The molecule has 0 radical (unpaired) electrons. The Labute approximate surface area is 342 Å². The summed E-state index contributed by atoms with van der Waals surface area (Å²) in [5.74, 6) is -0.742. The molecule has 0 bridgehead atoms. The number of hydroxylamine groups is 1. The summed E-state index contributed by atoms with van der Waals surface area (Å²) in [4.78, 5) is 14.6. The van der Waals surface area contributed by atoms with Gasteiger partial charge in [0.1, 0.15) is 18.7 Å². The van der Waals surface area contributed by atoms with E-state index in [0.717, 1.165) is 40.1 Å². The maximum absolute atomic E-state index is 12.7. The Morgan fingerprint density at radius 3 is 2.60 bits per heavy atom. The highest BCUT2D eigenvalue weighted by molar-refractivity contribution is 7.94. The van der Waals surface area contributed by atoms with Gasteiger partial charge in [-0.05, 0) is 49.4 Å². The number of aromatic nitrogens is 4. The Hall–Kier alpha value is -2.07. The second kappa shape index (κ2) is 21.4. The number of rotatable bonds is 22. The topological polar surface area (TPSA) is 306 Å². The largest absolute Gasteiger partial charge is 0.299 e. The number of fused-ring (bicyclic) bond motifs is 1. The van der Waals surface area contributed by atoms with Crippen LogP contribution in [0.3, 0.4) is 0 Å². The van der Waals surface area contributed by atoms with Crippen molar-refractivity contribution in [1.29, 1.82) is 0 Å². The van der Waals surface area contributed by atoms with Crippen molar-refractivity contribution in [2.24, 2.45) is 28.0 Å². The molecule has 9 N–H and O–H groups in total. The predicted molar refractivity (Wildman–Crippen MR) is 211 cm³/mol. The summed E-state index contributed by atoms with van der Waals surface area (Å²) >= 11 is 3.19. The zero-order valence-corrected chi connectivity index (χ0v) is 35.4. The van der Waals surface area contributed by atoms with Gasteiger partial charge in [0.15, 0.2) is 0 Å². The summed E-state index contributed by atoms with van der Waals surface area (Å²) < 4.78 is 79.9. The van der Waals surface area contributed by atoms with E-state index < -0.39 is 61.8 Å². The predicted octanol–water partition coefficient (Wildman–Crippen LogP) is 1.99. The van der Waals surface area contributed by atoms with Crippen LogP contribution in [0.1, 0.15) is 40.0 Å². The van der Waals surface area contributed by atoms with Crippen LogP contribution in [-0.4, -0.2) is 119 Å². The molecule has 320 valence electrons. The molecule has 2 fully saturated rings. The molecule has 9 unspecified atom stereocenters. The smallest absolute Gasteiger partial charge is 0.287 e. The summed E-state index contributed by atoms with van der Waals surface area (Å²) in [5, 5.41) is 41.1. The van der Waals surface area contributed by atoms with Gasteiger partial charge in [-0.2, -0.15) is 37.1 Å². The van der Waals surface area contributed by atoms with Crippen LogP contribution in [0.15, 0.2) is 39.7 Å². The first kappa shape index (κ1) is 46.0. The van der Waals surface area contributed by atoms with E-state index in [1.54, 1.807) is 13.1 Å². The summed E-state index contributed by atoms with van der Waals surface area (Å²) in [5.41, 5.74) is 3.27. The fraction of sp³-hybridized carbons (Fsp3) is 0.690. The van der Waals surface area contributed by atoms with E-state index >= 15 is 0 Å². The molecule has 3 aromatic rings. The van der Waals surface area contributed by atoms with E-state index in [0.29, 0.717) is 35.8 Å². The van der Waals surface area contributed by atoms with Gasteiger partial charge in [0.2, 0.25) is 5.13 Å². The molecule has 5 rings (SSSR count). The Morgan fingerprint density at radius 2 is 1.89 bits per heavy atom. The van der Waals surface area contributed by atoms with E-state index in [-0.39, 0.29) is 30.4 Å². The molecule has 0 spiro atoms. The molecule has 57 heavy (non-hydrogen) atoms. The van der Waals surface area contributed by atoms with Crippen molar-refractivity contribution in [3.8, 4) is 5.13 Å². The van der Waals surface area contributed by atoms with E-state index in [2.05, 4.69) is 66.7 Å². The minimum atomic E-state index is -4.36. The molecule has 0 amide bonds. The molecule has 2 aromatic heterocycles. The van der Waals surface area contributed by atoms with E-state index in [1.165, 1.54) is 22.3 Å². The monoisotopic (exact) mass is 900 g/mol. The lowest BCUT2D eigenvalue weighted by Gasteiger charge is -2.49. The minimum Gasteiger partial charge on any atom is -0.299 e. The van der Waals surface area contributed by atoms with Crippen molar-refractivity contribution in [2.75, 3.05) is 31.6 Å². The van der Waals surface area contributed by atoms with Gasteiger partial charge in [0, 0.05) is 41.8 Å². The Bertz CT molecular complexity index is 1980. The second-order valence-electron chi connectivity index (χ2n) is 13.3. The normalized spacial score (nSPS) is 27.5. The second-order valence-corrected chi connectivity index (χ2v) is 19.0. The number of nitrogens with zero attached hydrogens (tertiary/aromatic N) is 6. The molecular formula is C29H48N12O11S5. The lowest BCUT2D eigenvalue weighted by molar-refractivity contribution is -0.432. The molecule has 1 aliphatic heterocycles. The van der Waals surface area contributed by atoms with Crippen LogP contribution >= 0.6 is 35.4 Å². The van der Waals surface area contributed by atoms with Crippen LogP contribution in [0.5, 0.6) is 0 Å². The standard InChI is InChI=1S/C29H48N12O11S5/c1-5-17-13-16(3)24(57(46,47)48)19(6-2)22(17)35-26-23(25(36-27(30-4)37-26)31-10-12-56(43,44)45)38-39-28-32-15-41(40-28)29-34-20-8-7-18(14-21(20)54-29)55-51-49-33-9-11-53-52-50-42/h7-8,14-17,19,22-27,30-31,33,35-37,42H,5-6,9-13H2,1-4H3,(H,43,44,45)(H,46,47,48). The van der Waals surface area contributed by atoms with Gasteiger partial charge >= 0.3 is 0 Å². The van der Waals surface area contributed by atoms with Crippen LogP contribution in [0.4, 0.5) is 5.95 Å². The Kier molecular flexibility index (Phi) is 17.3.